The molecule has 1 heterocycles. The number of nitrogens with one attached hydrogen (secondary N) is 1. The van der Waals surface area contributed by atoms with E-state index < -0.39 is 0 Å². The van der Waals surface area contributed by atoms with Crippen LogP contribution in [0.15, 0.2) is 28.9 Å². The van der Waals surface area contributed by atoms with Gasteiger partial charge in [0.05, 0.1) is 0 Å². The molecule has 0 spiro atoms. The molecule has 1 amide bonds. The lowest BCUT2D eigenvalue weighted by molar-refractivity contribution is 0.102. The summed E-state index contributed by atoms with van der Waals surface area (Å²) < 4.78 is 4.34. The highest BCUT2D eigenvalue weighted by Gasteiger charge is 2.11. The van der Waals surface area contributed by atoms with Crippen molar-refractivity contribution in [3.63, 3.8) is 0 Å². The van der Waals surface area contributed by atoms with E-state index in [2.05, 4.69) is 20.3 Å². The molecule has 2 aromatic rings. The molecule has 3 N–H and O–H groups in total. The maximum atomic E-state index is 11.7. The van der Waals surface area contributed by atoms with E-state index in [1.54, 1.807) is 24.3 Å². The van der Waals surface area contributed by atoms with Crippen molar-refractivity contribution < 1.29 is 9.42 Å². The summed E-state index contributed by atoms with van der Waals surface area (Å²) in [5.41, 5.74) is 5.82. The normalized spacial score (nSPS) is 10.1. The van der Waals surface area contributed by atoms with Crippen molar-refractivity contribution in [2.45, 2.75) is 0 Å². The number of nitrogens with two attached hydrogens (primary N) is 1. The number of halogens is 1. The molecule has 0 atom stereocenters. The first-order valence-electron chi connectivity index (χ1n) is 4.32. The topological polar surface area (TPSA) is 94.0 Å². The fourth-order valence-electron chi connectivity index (χ4n) is 1.06. The maximum Gasteiger partial charge on any atom is 0.257 e. The van der Waals surface area contributed by atoms with Crippen molar-refractivity contribution >= 4 is 29.1 Å². The lowest BCUT2D eigenvalue weighted by Gasteiger charge is -2.01. The Labute approximate surface area is 95.3 Å². The van der Waals surface area contributed by atoms with Gasteiger partial charge in [0.15, 0.2) is 0 Å². The van der Waals surface area contributed by atoms with E-state index in [1.165, 1.54) is 0 Å². The number of carbonyl (C=O) groups is 1. The van der Waals surface area contributed by atoms with Gasteiger partial charge in [-0.1, -0.05) is 11.6 Å². The molecule has 0 fully saturated rings. The van der Waals surface area contributed by atoms with E-state index in [-0.39, 0.29) is 17.5 Å². The first-order chi connectivity index (χ1) is 7.66. The number of nitrogen functional groups attached to an aromatic ring is 1. The van der Waals surface area contributed by atoms with Gasteiger partial charge < -0.3 is 11.1 Å². The van der Waals surface area contributed by atoms with Gasteiger partial charge in [0.25, 0.3) is 5.91 Å². The van der Waals surface area contributed by atoms with Crippen LogP contribution >= 0.6 is 11.6 Å². The highest BCUT2D eigenvalue weighted by molar-refractivity contribution is 6.30. The number of benzene rings is 1. The average molecular weight is 239 g/mol. The van der Waals surface area contributed by atoms with Crippen molar-refractivity contribution in [1.82, 2.24) is 10.3 Å². The Morgan fingerprint density at radius 3 is 2.56 bits per heavy atom. The molecule has 1 aromatic carbocycles. The third-order valence-corrected chi connectivity index (χ3v) is 2.10. The van der Waals surface area contributed by atoms with E-state index in [0.29, 0.717) is 10.6 Å². The van der Waals surface area contributed by atoms with Gasteiger partial charge in [0.1, 0.15) is 0 Å². The summed E-state index contributed by atoms with van der Waals surface area (Å²) in [5.74, 6) is -0.235. The predicted molar refractivity (Wildman–Crippen MR) is 58.1 cm³/mol. The van der Waals surface area contributed by atoms with Crippen LogP contribution in [-0.4, -0.2) is 16.2 Å². The van der Waals surface area contributed by atoms with Crippen LogP contribution in [-0.2, 0) is 0 Å². The Hall–Kier alpha value is -2.08. The second kappa shape index (κ2) is 4.19. The Kier molecular flexibility index (Phi) is 2.74. The second-order valence-electron chi connectivity index (χ2n) is 2.96. The van der Waals surface area contributed by atoms with Crippen LogP contribution in [0.4, 0.5) is 11.6 Å². The van der Waals surface area contributed by atoms with Crippen LogP contribution in [0.25, 0.3) is 0 Å². The molecule has 1 aromatic heterocycles. The lowest BCUT2D eigenvalue weighted by atomic mass is 10.2. The van der Waals surface area contributed by atoms with E-state index >= 15 is 0 Å². The molecule has 7 heteroatoms. The number of amides is 1. The van der Waals surface area contributed by atoms with Crippen molar-refractivity contribution in [2.75, 3.05) is 11.1 Å². The van der Waals surface area contributed by atoms with Gasteiger partial charge in [-0.05, 0) is 34.6 Å². The van der Waals surface area contributed by atoms with Crippen LogP contribution in [0.3, 0.4) is 0 Å². The Balaban J connectivity index is 2.15. The Bertz CT molecular complexity index is 508. The van der Waals surface area contributed by atoms with Gasteiger partial charge in [0.2, 0.25) is 11.6 Å². The number of hydrogen-bond donors (Lipinski definition) is 2. The van der Waals surface area contributed by atoms with Crippen molar-refractivity contribution in [2.24, 2.45) is 0 Å². The minimum Gasteiger partial charge on any atom is -0.378 e. The third kappa shape index (κ3) is 2.12. The summed E-state index contributed by atoms with van der Waals surface area (Å²) in [4.78, 5) is 11.7. The number of nitrogens with zero attached hydrogens (tertiary/aromatic N) is 2. The monoisotopic (exact) mass is 238 g/mol. The van der Waals surface area contributed by atoms with E-state index in [4.69, 9.17) is 17.3 Å². The van der Waals surface area contributed by atoms with E-state index in [0.717, 1.165) is 0 Å². The molecule has 82 valence electrons. The van der Waals surface area contributed by atoms with Crippen molar-refractivity contribution in [1.29, 1.82) is 0 Å². The molecule has 16 heavy (non-hydrogen) atoms. The molecule has 0 aliphatic rings. The van der Waals surface area contributed by atoms with Crippen molar-refractivity contribution in [3.8, 4) is 0 Å². The van der Waals surface area contributed by atoms with Gasteiger partial charge in [-0.15, -0.1) is 0 Å². The van der Waals surface area contributed by atoms with Crippen LogP contribution < -0.4 is 11.1 Å². The van der Waals surface area contributed by atoms with Gasteiger partial charge in [-0.3, -0.25) is 4.79 Å². The molecule has 0 saturated carbocycles. The predicted octanol–water partition coefficient (Wildman–Crippen LogP) is 1.56. The number of carbonyl (C=O) groups excluding carboxylic acids is 1. The summed E-state index contributed by atoms with van der Waals surface area (Å²) in [7, 11) is 0. The summed E-state index contributed by atoms with van der Waals surface area (Å²) in [6, 6.07) is 6.39. The molecule has 2 rings (SSSR count). The zero-order valence-electron chi connectivity index (χ0n) is 7.98. The van der Waals surface area contributed by atoms with Crippen LogP contribution in [0.5, 0.6) is 0 Å². The highest BCUT2D eigenvalue weighted by atomic mass is 35.5. The molecule has 6 nitrogen and oxygen atoms in total. The number of aromatic nitrogens is 2. The quantitative estimate of drug-likeness (QED) is 0.828. The van der Waals surface area contributed by atoms with Gasteiger partial charge in [-0.2, -0.15) is 0 Å². The SMILES string of the molecule is Nc1nonc1NC(=O)c1ccc(Cl)cc1. The first kappa shape index (κ1) is 10.4. The third-order valence-electron chi connectivity index (χ3n) is 1.85. The molecular formula is C9H7ClN4O2. The smallest absolute Gasteiger partial charge is 0.257 e. The highest BCUT2D eigenvalue weighted by Crippen LogP contribution is 2.14. The van der Waals surface area contributed by atoms with Crippen molar-refractivity contribution in [3.05, 3.63) is 34.9 Å². The molecule has 0 unspecified atom stereocenters. The molecule has 0 radical (unpaired) electrons. The minimum atomic E-state index is -0.362. The summed E-state index contributed by atoms with van der Waals surface area (Å²) in [6.07, 6.45) is 0. The van der Waals surface area contributed by atoms with Gasteiger partial charge >= 0.3 is 0 Å². The fraction of sp³-hybridized carbons (Fsp3) is 0. The van der Waals surface area contributed by atoms with E-state index in [1.807, 2.05) is 0 Å². The second-order valence-corrected chi connectivity index (χ2v) is 3.40. The van der Waals surface area contributed by atoms with E-state index in [9.17, 15) is 4.79 Å². The first-order valence-corrected chi connectivity index (χ1v) is 4.69. The van der Waals surface area contributed by atoms with Gasteiger partial charge in [-0.25, -0.2) is 4.63 Å². The number of anilines is 2. The summed E-state index contributed by atoms with van der Waals surface area (Å²) >= 11 is 5.70. The molecule has 0 aliphatic carbocycles. The average Bonchev–Trinajstić information content (AvgIpc) is 2.65. The zero-order chi connectivity index (χ0) is 11.5. The summed E-state index contributed by atoms with van der Waals surface area (Å²) in [6.45, 7) is 0. The Morgan fingerprint density at radius 2 is 2.00 bits per heavy atom. The minimum absolute atomic E-state index is 0.0299. The molecule has 0 aliphatic heterocycles. The number of rotatable bonds is 2. The lowest BCUT2D eigenvalue weighted by Crippen LogP contribution is -2.13. The van der Waals surface area contributed by atoms with Crippen LogP contribution in [0.2, 0.25) is 5.02 Å². The zero-order valence-corrected chi connectivity index (χ0v) is 8.73. The maximum absolute atomic E-state index is 11.7. The van der Waals surface area contributed by atoms with Crippen LogP contribution in [0.1, 0.15) is 10.4 Å². The number of hydrogen-bond acceptors (Lipinski definition) is 5. The molecule has 0 saturated heterocycles. The molecular weight excluding hydrogens is 232 g/mol. The largest absolute Gasteiger partial charge is 0.378 e. The standard InChI is InChI=1S/C9H7ClN4O2/c10-6-3-1-5(2-4-6)9(15)12-8-7(11)13-16-14-8/h1-4H,(H2,11,13)(H,12,14,15). The van der Waals surface area contributed by atoms with Gasteiger partial charge in [0, 0.05) is 10.6 Å². The fourth-order valence-corrected chi connectivity index (χ4v) is 1.19. The molecule has 0 bridgehead atoms. The van der Waals surface area contributed by atoms with Crippen LogP contribution in [0, 0.1) is 0 Å². The summed E-state index contributed by atoms with van der Waals surface area (Å²) in [5, 5.41) is 9.77. The Morgan fingerprint density at radius 1 is 1.31 bits per heavy atom.